The zero-order valence-corrected chi connectivity index (χ0v) is 16.1. The molecule has 1 fully saturated rings. The molecule has 2 aromatic carbocycles. The van der Waals surface area contributed by atoms with Crippen molar-refractivity contribution in [1.82, 2.24) is 4.90 Å². The molecule has 0 N–H and O–H groups in total. The summed E-state index contributed by atoms with van der Waals surface area (Å²) >= 11 is 0. The molecule has 0 saturated carbocycles. The lowest BCUT2D eigenvalue weighted by Gasteiger charge is -2.20. The molecule has 0 aliphatic carbocycles. The summed E-state index contributed by atoms with van der Waals surface area (Å²) in [5.41, 5.74) is 0.797. The Labute approximate surface area is 162 Å². The lowest BCUT2D eigenvalue weighted by molar-refractivity contribution is 0.0599. The highest BCUT2D eigenvalue weighted by atomic mass is 32.2. The normalized spacial score (nSPS) is 18.9. The van der Waals surface area contributed by atoms with Gasteiger partial charge in [0.05, 0.1) is 23.7 Å². The molecule has 1 aliphatic rings. The van der Waals surface area contributed by atoms with Crippen LogP contribution in [0, 0.1) is 5.82 Å². The Morgan fingerprint density at radius 1 is 1.04 bits per heavy atom. The molecular formula is C20H20FNO5S. The van der Waals surface area contributed by atoms with Crippen molar-refractivity contribution in [2.75, 3.05) is 26.0 Å². The van der Waals surface area contributed by atoms with Crippen LogP contribution in [-0.2, 0) is 14.6 Å². The molecule has 0 spiro atoms. The second-order valence-electron chi connectivity index (χ2n) is 6.53. The fraction of sp³-hybridized carbons (Fsp3) is 0.300. The van der Waals surface area contributed by atoms with Gasteiger partial charge < -0.3 is 9.64 Å². The van der Waals surface area contributed by atoms with Gasteiger partial charge in [-0.25, -0.2) is 17.6 Å². The van der Waals surface area contributed by atoms with Crippen LogP contribution in [-0.4, -0.2) is 51.1 Å². The van der Waals surface area contributed by atoms with Gasteiger partial charge in [-0.15, -0.1) is 0 Å². The number of halogens is 1. The second kappa shape index (κ2) is 8.10. The van der Waals surface area contributed by atoms with Crippen LogP contribution in [0.1, 0.15) is 38.0 Å². The van der Waals surface area contributed by atoms with Crippen LogP contribution in [0.2, 0.25) is 0 Å². The van der Waals surface area contributed by atoms with Crippen LogP contribution < -0.4 is 0 Å². The molecule has 1 saturated heterocycles. The Balaban J connectivity index is 1.79. The Hall–Kier alpha value is -2.74. The molecule has 28 heavy (non-hydrogen) atoms. The smallest absolute Gasteiger partial charge is 0.337 e. The first-order valence-electron chi connectivity index (χ1n) is 8.77. The molecule has 1 heterocycles. The molecule has 148 valence electrons. The number of esters is 1. The van der Waals surface area contributed by atoms with Crippen molar-refractivity contribution in [2.45, 2.75) is 11.7 Å². The van der Waals surface area contributed by atoms with E-state index in [1.165, 1.54) is 54.5 Å². The molecule has 3 rings (SSSR count). The highest BCUT2D eigenvalue weighted by Crippen LogP contribution is 2.31. The minimum Gasteiger partial charge on any atom is -0.465 e. The average Bonchev–Trinajstić information content (AvgIpc) is 2.85. The number of benzene rings is 2. The number of nitrogens with zero attached hydrogens (tertiary/aromatic N) is 1. The first-order chi connectivity index (χ1) is 13.3. The van der Waals surface area contributed by atoms with Crippen LogP contribution in [0.15, 0.2) is 48.5 Å². The third-order valence-electron chi connectivity index (χ3n) is 4.83. The number of carbonyl (C=O) groups excluding carboxylic acids is 2. The molecule has 0 unspecified atom stereocenters. The zero-order valence-electron chi connectivity index (χ0n) is 15.3. The molecule has 1 amide bonds. The summed E-state index contributed by atoms with van der Waals surface area (Å²) in [6.45, 7) is 0.223. The van der Waals surface area contributed by atoms with Crippen molar-refractivity contribution in [2.24, 2.45) is 0 Å². The SMILES string of the molecule is COC(=O)c1ccc(C(=O)N2CC[C@H](c3ccccc3F)S(=O)(=O)CC2)cc1. The maximum absolute atomic E-state index is 14.1. The van der Waals surface area contributed by atoms with E-state index < -0.39 is 26.9 Å². The number of carbonyl (C=O) groups is 2. The van der Waals surface area contributed by atoms with E-state index in [0.29, 0.717) is 11.1 Å². The van der Waals surface area contributed by atoms with Crippen molar-refractivity contribution in [3.63, 3.8) is 0 Å². The molecule has 2 aromatic rings. The van der Waals surface area contributed by atoms with Gasteiger partial charge in [0.1, 0.15) is 5.82 Å². The van der Waals surface area contributed by atoms with E-state index in [-0.39, 0.29) is 36.7 Å². The maximum Gasteiger partial charge on any atom is 0.337 e. The van der Waals surface area contributed by atoms with Crippen LogP contribution in [0.4, 0.5) is 4.39 Å². The Morgan fingerprint density at radius 3 is 2.32 bits per heavy atom. The molecule has 0 aromatic heterocycles. The zero-order chi connectivity index (χ0) is 20.3. The van der Waals surface area contributed by atoms with Gasteiger partial charge in [0.2, 0.25) is 0 Å². The summed E-state index contributed by atoms with van der Waals surface area (Å²) in [6, 6.07) is 11.8. The number of sulfone groups is 1. The summed E-state index contributed by atoms with van der Waals surface area (Å²) in [5.74, 6) is -1.64. The summed E-state index contributed by atoms with van der Waals surface area (Å²) in [4.78, 5) is 25.7. The maximum atomic E-state index is 14.1. The van der Waals surface area contributed by atoms with Crippen molar-refractivity contribution < 1.29 is 27.1 Å². The standard InChI is InChI=1S/C20H20FNO5S/c1-27-20(24)15-8-6-14(7-9-15)19(23)22-11-10-18(28(25,26)13-12-22)16-4-2-3-5-17(16)21/h2-9,18H,10-13H2,1H3/t18-/m1/s1. The van der Waals surface area contributed by atoms with Gasteiger partial charge in [0.25, 0.3) is 5.91 Å². The predicted molar refractivity (Wildman–Crippen MR) is 101 cm³/mol. The third kappa shape index (κ3) is 4.06. The van der Waals surface area contributed by atoms with Crippen molar-refractivity contribution in [3.05, 3.63) is 71.0 Å². The summed E-state index contributed by atoms with van der Waals surface area (Å²) in [6.07, 6.45) is 0.120. The highest BCUT2D eigenvalue weighted by molar-refractivity contribution is 7.91. The molecule has 1 atom stereocenters. The minimum absolute atomic E-state index is 0.0326. The Kier molecular flexibility index (Phi) is 5.79. The van der Waals surface area contributed by atoms with E-state index in [1.807, 2.05) is 0 Å². The number of methoxy groups -OCH3 is 1. The lowest BCUT2D eigenvalue weighted by atomic mass is 10.1. The van der Waals surface area contributed by atoms with E-state index in [0.717, 1.165) is 0 Å². The van der Waals surface area contributed by atoms with E-state index in [4.69, 9.17) is 0 Å². The molecule has 1 aliphatic heterocycles. The number of rotatable bonds is 3. The van der Waals surface area contributed by atoms with Crippen LogP contribution in [0.25, 0.3) is 0 Å². The molecule has 0 radical (unpaired) electrons. The van der Waals surface area contributed by atoms with E-state index in [2.05, 4.69) is 4.74 Å². The van der Waals surface area contributed by atoms with Crippen molar-refractivity contribution in [3.8, 4) is 0 Å². The van der Waals surface area contributed by atoms with Crippen molar-refractivity contribution in [1.29, 1.82) is 0 Å². The van der Waals surface area contributed by atoms with Gasteiger partial charge in [0, 0.05) is 24.2 Å². The minimum atomic E-state index is -3.60. The second-order valence-corrected chi connectivity index (χ2v) is 8.83. The summed E-state index contributed by atoms with van der Waals surface area (Å²) in [5, 5.41) is -0.979. The lowest BCUT2D eigenvalue weighted by Crippen LogP contribution is -2.33. The first kappa shape index (κ1) is 20.0. The average molecular weight is 405 g/mol. The van der Waals surface area contributed by atoms with Crippen LogP contribution in [0.5, 0.6) is 0 Å². The molecule has 8 heteroatoms. The van der Waals surface area contributed by atoms with Gasteiger partial charge in [0.15, 0.2) is 9.84 Å². The van der Waals surface area contributed by atoms with E-state index in [1.54, 1.807) is 6.07 Å². The predicted octanol–water partition coefficient (Wildman–Crippen LogP) is 2.61. The van der Waals surface area contributed by atoms with Crippen molar-refractivity contribution >= 4 is 21.7 Å². The largest absolute Gasteiger partial charge is 0.465 e. The Bertz CT molecular complexity index is 988. The third-order valence-corrected chi connectivity index (χ3v) is 6.94. The van der Waals surface area contributed by atoms with Gasteiger partial charge in [-0.05, 0) is 36.8 Å². The number of hydrogen-bond acceptors (Lipinski definition) is 5. The van der Waals surface area contributed by atoms with E-state index >= 15 is 0 Å². The first-order valence-corrected chi connectivity index (χ1v) is 10.5. The summed E-state index contributed by atoms with van der Waals surface area (Å²) < 4.78 is 44.1. The van der Waals surface area contributed by atoms with Gasteiger partial charge in [-0.1, -0.05) is 18.2 Å². The number of ether oxygens (including phenoxy) is 1. The summed E-state index contributed by atoms with van der Waals surface area (Å²) in [7, 11) is -2.33. The highest BCUT2D eigenvalue weighted by Gasteiger charge is 2.34. The monoisotopic (exact) mass is 405 g/mol. The molecule has 0 bridgehead atoms. The number of amides is 1. The van der Waals surface area contributed by atoms with Gasteiger partial charge >= 0.3 is 5.97 Å². The van der Waals surface area contributed by atoms with Gasteiger partial charge in [-0.3, -0.25) is 4.79 Å². The van der Waals surface area contributed by atoms with E-state index in [9.17, 15) is 22.4 Å². The number of hydrogen-bond donors (Lipinski definition) is 0. The molecule has 6 nitrogen and oxygen atoms in total. The van der Waals surface area contributed by atoms with Crippen LogP contribution >= 0.6 is 0 Å². The fourth-order valence-electron chi connectivity index (χ4n) is 3.28. The van der Waals surface area contributed by atoms with Crippen LogP contribution in [0.3, 0.4) is 0 Å². The quantitative estimate of drug-likeness (QED) is 0.734. The fourth-order valence-corrected chi connectivity index (χ4v) is 5.08. The Morgan fingerprint density at radius 2 is 1.68 bits per heavy atom. The topological polar surface area (TPSA) is 80.8 Å². The van der Waals surface area contributed by atoms with Gasteiger partial charge in [-0.2, -0.15) is 0 Å². The molecular weight excluding hydrogens is 385 g/mol.